The fourth-order valence-electron chi connectivity index (χ4n) is 7.27. The van der Waals surface area contributed by atoms with Gasteiger partial charge >= 0.3 is 0 Å². The highest BCUT2D eigenvalue weighted by Gasteiger charge is 2.55. The number of likely N-dealkylation sites (N-methyl/N-ethyl adjacent to an activating group) is 1. The van der Waals surface area contributed by atoms with E-state index in [0.29, 0.717) is 36.0 Å². The van der Waals surface area contributed by atoms with Gasteiger partial charge in [-0.25, -0.2) is 0 Å². The molecular formula is C29H36ClN3O6. The quantitative estimate of drug-likeness (QED) is 0.326. The predicted octanol–water partition coefficient (Wildman–Crippen LogP) is 3.27. The maximum atomic E-state index is 13.8. The van der Waals surface area contributed by atoms with Crippen molar-refractivity contribution in [1.29, 1.82) is 0 Å². The number of aliphatic hydroxyl groups is 2. The number of phenols is 1. The van der Waals surface area contributed by atoms with Gasteiger partial charge in [-0.15, -0.1) is 0 Å². The highest BCUT2D eigenvalue weighted by molar-refractivity contribution is 6.33. The first-order valence-electron chi connectivity index (χ1n) is 13.6. The Bertz CT molecular complexity index is 1320. The molecule has 4 aliphatic rings. The number of aliphatic hydroxyl groups excluding tert-OH is 2. The van der Waals surface area contributed by atoms with Crippen LogP contribution in [0.3, 0.4) is 0 Å². The number of allylic oxidation sites excluding steroid dienone is 1. The summed E-state index contributed by atoms with van der Waals surface area (Å²) in [5.41, 5.74) is 6.36. The maximum absolute atomic E-state index is 13.8. The summed E-state index contributed by atoms with van der Waals surface area (Å²) in [6.07, 6.45) is 5.15. The third-order valence-electron chi connectivity index (χ3n) is 9.14. The molecule has 39 heavy (non-hydrogen) atoms. The molecule has 0 bridgehead atoms. The zero-order chi connectivity index (χ0) is 28.3. The fraction of sp³-hybridized carbons (Fsp3) is 0.552. The molecule has 2 fully saturated rings. The number of halogens is 1. The van der Waals surface area contributed by atoms with Crippen molar-refractivity contribution >= 4 is 34.8 Å². The molecule has 0 spiro atoms. The van der Waals surface area contributed by atoms with Crippen LogP contribution in [0.15, 0.2) is 23.0 Å². The minimum Gasteiger partial charge on any atom is -0.510 e. The van der Waals surface area contributed by atoms with Gasteiger partial charge in [0.1, 0.15) is 22.8 Å². The Kier molecular flexibility index (Phi) is 7.28. The molecule has 2 unspecified atom stereocenters. The van der Waals surface area contributed by atoms with Crippen LogP contribution in [0.5, 0.6) is 5.75 Å². The molecule has 1 saturated heterocycles. The number of ketones is 2. The normalized spacial score (nSPS) is 29.7. The van der Waals surface area contributed by atoms with Crippen molar-refractivity contribution < 1.29 is 29.7 Å². The molecule has 5 N–H and O–H groups in total. The molecule has 0 radical (unpaired) electrons. The second-order valence-electron chi connectivity index (χ2n) is 11.7. The summed E-state index contributed by atoms with van der Waals surface area (Å²) in [6, 6.07) is 1.17. The standard InChI is InChI=1S/C29H36ClN3O6/c1-13-7-5-4-6-8-33(13)12-15-11-18(34)20-16(23(15)30)9-14-10-17-21(26(36)19(14)25(20)35)27(37)22(29(31)39)28(38)24(17)32(2)3/h11,13-14,17,21,24,34-35,38H,4-10,12H2,1-3H3,(H2,31,39)/t13?,14-,17+,21?,24-/m0/s1. The number of benzene rings is 1. The number of rotatable bonds is 4. The van der Waals surface area contributed by atoms with Crippen molar-refractivity contribution in [3.05, 3.63) is 44.7 Å². The van der Waals surface area contributed by atoms with Gasteiger partial charge in [0, 0.05) is 23.2 Å². The molecule has 1 amide bonds. The first-order valence-corrected chi connectivity index (χ1v) is 14.0. The number of amides is 1. The summed E-state index contributed by atoms with van der Waals surface area (Å²) in [7, 11) is 3.39. The molecule has 9 nitrogen and oxygen atoms in total. The molecule has 210 valence electrons. The lowest BCUT2D eigenvalue weighted by Crippen LogP contribution is -2.55. The number of nitrogens with zero attached hydrogens (tertiary/aromatic N) is 2. The Morgan fingerprint density at radius 2 is 1.87 bits per heavy atom. The lowest BCUT2D eigenvalue weighted by molar-refractivity contribution is -0.136. The van der Waals surface area contributed by atoms with Crippen LogP contribution in [-0.4, -0.2) is 75.3 Å². The first-order chi connectivity index (χ1) is 18.4. The first kappa shape index (κ1) is 27.7. The minimum atomic E-state index is -1.27. The second-order valence-corrected chi connectivity index (χ2v) is 12.1. The van der Waals surface area contributed by atoms with Crippen LogP contribution < -0.4 is 5.73 Å². The van der Waals surface area contributed by atoms with Gasteiger partial charge in [0.05, 0.1) is 17.5 Å². The molecule has 5 atom stereocenters. The molecule has 1 aromatic rings. The van der Waals surface area contributed by atoms with Crippen molar-refractivity contribution in [2.24, 2.45) is 23.5 Å². The van der Waals surface area contributed by atoms with Crippen LogP contribution in [0, 0.1) is 17.8 Å². The smallest absolute Gasteiger partial charge is 0.255 e. The molecule has 1 saturated carbocycles. The summed E-state index contributed by atoms with van der Waals surface area (Å²) >= 11 is 6.94. The van der Waals surface area contributed by atoms with Crippen molar-refractivity contribution in [3.63, 3.8) is 0 Å². The zero-order valence-corrected chi connectivity index (χ0v) is 23.3. The summed E-state index contributed by atoms with van der Waals surface area (Å²) in [5.74, 6) is -5.89. The van der Waals surface area contributed by atoms with Crippen molar-refractivity contribution in [3.8, 4) is 5.75 Å². The number of phenolic OH excluding ortho intramolecular Hbond substituents is 1. The van der Waals surface area contributed by atoms with Gasteiger partial charge in [-0.1, -0.05) is 24.4 Å². The number of nitrogens with two attached hydrogens (primary N) is 1. The number of hydrogen-bond donors (Lipinski definition) is 4. The summed E-state index contributed by atoms with van der Waals surface area (Å²) in [4.78, 5) is 43.2. The highest BCUT2D eigenvalue weighted by Crippen LogP contribution is 2.51. The molecule has 1 aliphatic heterocycles. The average molecular weight is 558 g/mol. The maximum Gasteiger partial charge on any atom is 0.255 e. The Balaban J connectivity index is 1.57. The summed E-state index contributed by atoms with van der Waals surface area (Å²) < 4.78 is 0. The van der Waals surface area contributed by atoms with Crippen LogP contribution in [-0.2, 0) is 27.3 Å². The van der Waals surface area contributed by atoms with E-state index >= 15 is 0 Å². The van der Waals surface area contributed by atoms with Gasteiger partial charge in [-0.05, 0) is 82.3 Å². The molecule has 10 heteroatoms. The van der Waals surface area contributed by atoms with Crippen molar-refractivity contribution in [2.75, 3.05) is 20.6 Å². The molecule has 5 rings (SSSR count). The van der Waals surface area contributed by atoms with Crippen LogP contribution in [0.4, 0.5) is 0 Å². The number of likely N-dealkylation sites (tertiary alicyclic amines) is 1. The Hall–Kier alpha value is -2.88. The number of carbonyl (C=O) groups excluding carboxylic acids is 3. The lowest BCUT2D eigenvalue weighted by atomic mass is 9.59. The largest absolute Gasteiger partial charge is 0.510 e. The van der Waals surface area contributed by atoms with Crippen LogP contribution in [0.25, 0.3) is 5.76 Å². The number of fused-ring (bicyclic) bond motifs is 3. The molecule has 1 aromatic carbocycles. The van der Waals surface area contributed by atoms with Crippen LogP contribution in [0.1, 0.15) is 55.7 Å². The van der Waals surface area contributed by atoms with Crippen molar-refractivity contribution in [2.45, 2.75) is 64.1 Å². The van der Waals surface area contributed by atoms with E-state index in [4.69, 9.17) is 17.3 Å². The Morgan fingerprint density at radius 1 is 1.15 bits per heavy atom. The highest BCUT2D eigenvalue weighted by atomic mass is 35.5. The lowest BCUT2D eigenvalue weighted by Gasteiger charge is -2.46. The van der Waals surface area contributed by atoms with E-state index in [2.05, 4.69) is 11.8 Å². The number of carbonyl (C=O) groups is 3. The van der Waals surface area contributed by atoms with Gasteiger partial charge in [0.15, 0.2) is 11.6 Å². The van der Waals surface area contributed by atoms with E-state index in [1.807, 2.05) is 0 Å². The number of Topliss-reactive ketones (excluding diaryl/α,β-unsaturated/α-hetero) is 2. The van der Waals surface area contributed by atoms with E-state index < -0.39 is 52.6 Å². The minimum absolute atomic E-state index is 0.0556. The van der Waals surface area contributed by atoms with E-state index in [1.165, 1.54) is 12.8 Å². The van der Waals surface area contributed by atoms with Gasteiger partial charge < -0.3 is 21.1 Å². The third-order valence-corrected chi connectivity index (χ3v) is 9.61. The van der Waals surface area contributed by atoms with E-state index in [1.54, 1.807) is 25.1 Å². The topological polar surface area (TPSA) is 144 Å². The third kappa shape index (κ3) is 4.44. The van der Waals surface area contributed by atoms with Crippen LogP contribution >= 0.6 is 11.6 Å². The predicted molar refractivity (Wildman–Crippen MR) is 146 cm³/mol. The second kappa shape index (κ2) is 10.3. The van der Waals surface area contributed by atoms with E-state index in [0.717, 1.165) is 24.9 Å². The van der Waals surface area contributed by atoms with Crippen molar-refractivity contribution in [1.82, 2.24) is 9.80 Å². The molecule has 3 aliphatic carbocycles. The van der Waals surface area contributed by atoms with Gasteiger partial charge in [0.2, 0.25) is 0 Å². The average Bonchev–Trinajstić information content (AvgIpc) is 3.05. The van der Waals surface area contributed by atoms with E-state index in [-0.39, 0.29) is 22.6 Å². The summed E-state index contributed by atoms with van der Waals surface area (Å²) in [5, 5.41) is 33.7. The Labute approximate surface area is 232 Å². The monoisotopic (exact) mass is 557 g/mol. The number of primary amides is 1. The fourth-order valence-corrected chi connectivity index (χ4v) is 7.56. The van der Waals surface area contributed by atoms with Crippen LogP contribution in [0.2, 0.25) is 5.02 Å². The SMILES string of the molecule is CC1CCCCCN1Cc1cc(O)c2c(c1Cl)C[C@H]1C[C@@H]3C(C(=O)C(C(N)=O)=C(O)[C@H]3N(C)C)C(=O)C1=C2O. The molecule has 0 aromatic heterocycles. The summed E-state index contributed by atoms with van der Waals surface area (Å²) in [6.45, 7) is 3.70. The van der Waals surface area contributed by atoms with Gasteiger partial charge in [-0.3, -0.25) is 24.2 Å². The molecule has 1 heterocycles. The molecular weight excluding hydrogens is 522 g/mol. The van der Waals surface area contributed by atoms with Gasteiger partial charge in [0.25, 0.3) is 5.91 Å². The van der Waals surface area contributed by atoms with Gasteiger partial charge in [-0.2, -0.15) is 0 Å². The Morgan fingerprint density at radius 3 is 2.54 bits per heavy atom. The zero-order valence-electron chi connectivity index (χ0n) is 22.5. The van der Waals surface area contributed by atoms with E-state index in [9.17, 15) is 29.7 Å². The number of aromatic hydroxyl groups is 1. The number of hydrogen-bond acceptors (Lipinski definition) is 8.